The first-order valence-corrected chi connectivity index (χ1v) is 13.6. The molecule has 2 amide bonds. The second-order valence-corrected chi connectivity index (χ2v) is 10.8. The van der Waals surface area contributed by atoms with E-state index in [0.29, 0.717) is 28.6 Å². The average molecular weight is 529 g/mol. The fourth-order valence-corrected chi connectivity index (χ4v) is 4.66. The normalized spacial score (nSPS) is 12.2. The first kappa shape index (κ1) is 28.0. The molecule has 0 aromatic heterocycles. The number of hydrogen-bond donors (Lipinski definition) is 1. The van der Waals surface area contributed by atoms with E-state index in [1.807, 2.05) is 6.92 Å². The first-order valence-electron chi connectivity index (χ1n) is 11.0. The maximum atomic E-state index is 13.6. The second kappa shape index (κ2) is 12.4. The van der Waals surface area contributed by atoms with Crippen molar-refractivity contribution in [3.05, 3.63) is 63.6 Å². The molecule has 2 aromatic carbocycles. The number of halogens is 2. The zero-order valence-electron chi connectivity index (χ0n) is 19.8. The molecule has 34 heavy (non-hydrogen) atoms. The third-order valence-electron chi connectivity index (χ3n) is 5.36. The molecule has 0 spiro atoms. The van der Waals surface area contributed by atoms with E-state index in [1.54, 1.807) is 50.2 Å². The highest BCUT2D eigenvalue weighted by atomic mass is 35.5. The van der Waals surface area contributed by atoms with E-state index < -0.39 is 28.5 Å². The number of aryl methyl sites for hydroxylation is 1. The Morgan fingerprint density at radius 1 is 1.06 bits per heavy atom. The lowest BCUT2D eigenvalue weighted by atomic mass is 10.1. The molecule has 0 bridgehead atoms. The lowest BCUT2D eigenvalue weighted by molar-refractivity contribution is -0.140. The SMILES string of the molecule is CCCNC(=O)C(CC)N(Cc1ccccc1Cl)C(=O)CN(c1ccc(C)c(Cl)c1)S(C)(=O)=O. The fourth-order valence-electron chi connectivity index (χ4n) is 3.45. The molecule has 1 atom stereocenters. The van der Waals surface area contributed by atoms with Gasteiger partial charge in [-0.15, -0.1) is 0 Å². The van der Waals surface area contributed by atoms with Crippen molar-refractivity contribution < 1.29 is 18.0 Å². The van der Waals surface area contributed by atoms with Crippen LogP contribution in [0.5, 0.6) is 0 Å². The molecule has 7 nitrogen and oxygen atoms in total. The van der Waals surface area contributed by atoms with E-state index in [2.05, 4.69) is 5.32 Å². The van der Waals surface area contributed by atoms with Crippen molar-refractivity contribution >= 4 is 50.7 Å². The van der Waals surface area contributed by atoms with Gasteiger partial charge < -0.3 is 10.2 Å². The zero-order valence-corrected chi connectivity index (χ0v) is 22.2. The number of amides is 2. The monoisotopic (exact) mass is 527 g/mol. The number of hydrogen-bond acceptors (Lipinski definition) is 4. The van der Waals surface area contributed by atoms with Crippen LogP contribution in [-0.2, 0) is 26.2 Å². The Labute approximate surface area is 212 Å². The predicted octanol–water partition coefficient (Wildman–Crippen LogP) is 4.40. The molecule has 1 unspecified atom stereocenters. The quantitative estimate of drug-likeness (QED) is 0.469. The Morgan fingerprint density at radius 2 is 1.74 bits per heavy atom. The Morgan fingerprint density at radius 3 is 2.29 bits per heavy atom. The Kier molecular flexibility index (Phi) is 10.2. The average Bonchev–Trinajstić information content (AvgIpc) is 2.78. The van der Waals surface area contributed by atoms with Gasteiger partial charge in [-0.2, -0.15) is 0 Å². The lowest BCUT2D eigenvalue weighted by Gasteiger charge is -2.33. The van der Waals surface area contributed by atoms with E-state index >= 15 is 0 Å². The number of benzene rings is 2. The van der Waals surface area contributed by atoms with Gasteiger partial charge >= 0.3 is 0 Å². The van der Waals surface area contributed by atoms with Gasteiger partial charge in [0.1, 0.15) is 12.6 Å². The minimum Gasteiger partial charge on any atom is -0.354 e. The molecule has 0 saturated heterocycles. The highest BCUT2D eigenvalue weighted by molar-refractivity contribution is 7.92. The maximum Gasteiger partial charge on any atom is 0.244 e. The maximum absolute atomic E-state index is 13.6. The molecule has 0 fully saturated rings. The van der Waals surface area contributed by atoms with Crippen molar-refractivity contribution in [1.82, 2.24) is 10.2 Å². The summed E-state index contributed by atoms with van der Waals surface area (Å²) in [5.41, 5.74) is 1.71. The second-order valence-electron chi connectivity index (χ2n) is 8.03. The third-order valence-corrected chi connectivity index (χ3v) is 7.27. The molecule has 0 aliphatic carbocycles. The predicted molar refractivity (Wildman–Crippen MR) is 138 cm³/mol. The molecule has 0 radical (unpaired) electrons. The van der Waals surface area contributed by atoms with Crippen LogP contribution in [0.2, 0.25) is 10.0 Å². The highest BCUT2D eigenvalue weighted by Gasteiger charge is 2.32. The number of nitrogens with one attached hydrogen (secondary N) is 1. The smallest absolute Gasteiger partial charge is 0.244 e. The van der Waals surface area contributed by atoms with Crippen LogP contribution in [0, 0.1) is 6.92 Å². The van der Waals surface area contributed by atoms with Gasteiger partial charge in [0.25, 0.3) is 0 Å². The number of nitrogens with zero attached hydrogens (tertiary/aromatic N) is 2. The summed E-state index contributed by atoms with van der Waals surface area (Å²) in [6.07, 6.45) is 2.12. The van der Waals surface area contributed by atoms with E-state index in [1.165, 1.54) is 11.0 Å². The van der Waals surface area contributed by atoms with Crippen LogP contribution in [0.3, 0.4) is 0 Å². The van der Waals surface area contributed by atoms with Crippen LogP contribution in [0.15, 0.2) is 42.5 Å². The molecule has 186 valence electrons. The van der Waals surface area contributed by atoms with Gasteiger partial charge in [-0.1, -0.05) is 61.3 Å². The molecular weight excluding hydrogens is 497 g/mol. The standard InChI is InChI=1S/C24H31Cl2N3O4S/c1-5-13-27-24(31)22(6-2)28(15-18-9-7-8-10-20(18)25)23(30)16-29(34(4,32)33)19-12-11-17(3)21(26)14-19/h7-12,14,22H,5-6,13,15-16H2,1-4H3,(H,27,31). The number of sulfonamides is 1. The van der Waals surface area contributed by atoms with Crippen LogP contribution >= 0.6 is 23.2 Å². The van der Waals surface area contributed by atoms with Crippen molar-refractivity contribution in [3.63, 3.8) is 0 Å². The third kappa shape index (κ3) is 7.35. The summed E-state index contributed by atoms with van der Waals surface area (Å²) in [6, 6.07) is 11.0. The molecule has 0 saturated carbocycles. The van der Waals surface area contributed by atoms with Gasteiger partial charge in [0.05, 0.1) is 11.9 Å². The largest absolute Gasteiger partial charge is 0.354 e. The van der Waals surface area contributed by atoms with Gasteiger partial charge in [-0.25, -0.2) is 8.42 Å². The Hall–Kier alpha value is -2.29. The number of rotatable bonds is 11. The van der Waals surface area contributed by atoms with Crippen molar-refractivity contribution in [2.45, 2.75) is 46.2 Å². The minimum absolute atomic E-state index is 0.0583. The summed E-state index contributed by atoms with van der Waals surface area (Å²) in [5, 5.41) is 3.67. The lowest BCUT2D eigenvalue weighted by Crippen LogP contribution is -2.52. The first-order chi connectivity index (χ1) is 16.0. The summed E-state index contributed by atoms with van der Waals surface area (Å²) < 4.78 is 26.2. The molecular formula is C24H31Cl2N3O4S. The van der Waals surface area contributed by atoms with Gasteiger partial charge in [0.2, 0.25) is 21.8 Å². The molecule has 2 rings (SSSR count). The summed E-state index contributed by atoms with van der Waals surface area (Å²) >= 11 is 12.5. The van der Waals surface area contributed by atoms with Crippen molar-refractivity contribution in [2.24, 2.45) is 0 Å². The zero-order chi connectivity index (χ0) is 25.5. The van der Waals surface area contributed by atoms with Crippen molar-refractivity contribution in [3.8, 4) is 0 Å². The van der Waals surface area contributed by atoms with Gasteiger partial charge in [0, 0.05) is 23.1 Å². The van der Waals surface area contributed by atoms with Crippen LogP contribution in [0.1, 0.15) is 37.8 Å². The van der Waals surface area contributed by atoms with Crippen molar-refractivity contribution in [1.29, 1.82) is 0 Å². The van der Waals surface area contributed by atoms with Crippen LogP contribution in [-0.4, -0.2) is 50.5 Å². The van der Waals surface area contributed by atoms with E-state index in [-0.39, 0.29) is 18.1 Å². The van der Waals surface area contributed by atoms with E-state index in [0.717, 1.165) is 22.5 Å². The van der Waals surface area contributed by atoms with E-state index in [9.17, 15) is 18.0 Å². The molecule has 2 aromatic rings. The van der Waals surface area contributed by atoms with E-state index in [4.69, 9.17) is 23.2 Å². The van der Waals surface area contributed by atoms with Crippen molar-refractivity contribution in [2.75, 3.05) is 23.7 Å². The minimum atomic E-state index is -3.82. The number of carbonyl (C=O) groups excluding carboxylic acids is 2. The van der Waals surface area contributed by atoms with Crippen LogP contribution < -0.4 is 9.62 Å². The molecule has 0 aliphatic rings. The van der Waals surface area contributed by atoms with Gasteiger partial charge in [0.15, 0.2) is 0 Å². The van der Waals surface area contributed by atoms with Gasteiger partial charge in [-0.3, -0.25) is 13.9 Å². The fraction of sp³-hybridized carbons (Fsp3) is 0.417. The van der Waals surface area contributed by atoms with Crippen LogP contribution in [0.25, 0.3) is 0 Å². The summed E-state index contributed by atoms with van der Waals surface area (Å²) in [7, 11) is -3.82. The molecule has 1 N–H and O–H groups in total. The summed E-state index contributed by atoms with van der Waals surface area (Å²) in [4.78, 5) is 27.9. The summed E-state index contributed by atoms with van der Waals surface area (Å²) in [5.74, 6) is -0.824. The molecule has 0 aliphatic heterocycles. The van der Waals surface area contributed by atoms with Gasteiger partial charge in [-0.05, 0) is 49.1 Å². The van der Waals surface area contributed by atoms with Crippen LogP contribution in [0.4, 0.5) is 5.69 Å². The Bertz CT molecular complexity index is 1120. The molecule has 0 heterocycles. The number of carbonyl (C=O) groups is 2. The highest BCUT2D eigenvalue weighted by Crippen LogP contribution is 2.26. The summed E-state index contributed by atoms with van der Waals surface area (Å²) in [6.45, 7) is 5.58. The topological polar surface area (TPSA) is 86.8 Å². The Balaban J connectivity index is 2.46. The number of anilines is 1. The molecule has 10 heteroatoms.